The Hall–Kier alpha value is -0.840. The molecule has 3 rings (SSSR count). The van der Waals surface area contributed by atoms with Crippen molar-refractivity contribution in [1.29, 1.82) is 0 Å². The number of nitrogens with zero attached hydrogens (tertiary/aromatic N) is 2. The number of aryl methyl sites for hydroxylation is 1. The van der Waals surface area contributed by atoms with Gasteiger partial charge in [0.2, 0.25) is 0 Å². The molecule has 1 unspecified atom stereocenters. The normalized spacial score (nSPS) is 12.8. The first kappa shape index (κ1) is 15.1. The molecule has 2 nitrogen and oxygen atoms in total. The van der Waals surface area contributed by atoms with Crippen molar-refractivity contribution in [3.8, 4) is 5.69 Å². The quantitative estimate of drug-likeness (QED) is 0.447. The molecule has 0 N–H and O–H groups in total. The summed E-state index contributed by atoms with van der Waals surface area (Å²) in [4.78, 5) is 4.72. The minimum absolute atomic E-state index is 0.184. The van der Waals surface area contributed by atoms with E-state index in [1.54, 1.807) is 0 Å². The van der Waals surface area contributed by atoms with E-state index in [9.17, 15) is 0 Å². The maximum Gasteiger partial charge on any atom is 0.132 e. The van der Waals surface area contributed by atoms with Crippen molar-refractivity contribution in [1.82, 2.24) is 9.55 Å². The molecule has 108 valence electrons. The molecule has 0 spiro atoms. The average molecular weight is 429 g/mol. The van der Waals surface area contributed by atoms with Gasteiger partial charge in [-0.2, -0.15) is 0 Å². The van der Waals surface area contributed by atoms with Crippen LogP contribution in [0.15, 0.2) is 45.3 Å². The van der Waals surface area contributed by atoms with E-state index in [1.807, 2.05) is 37.3 Å². The summed E-state index contributed by atoms with van der Waals surface area (Å²) in [5.41, 5.74) is 4.25. The molecule has 0 saturated heterocycles. The Morgan fingerprint density at radius 2 is 1.71 bits per heavy atom. The van der Waals surface area contributed by atoms with Gasteiger partial charge in [0.05, 0.1) is 22.1 Å². The minimum Gasteiger partial charge on any atom is -0.292 e. The lowest BCUT2D eigenvalue weighted by Crippen LogP contribution is -2.04. The largest absolute Gasteiger partial charge is 0.292 e. The van der Waals surface area contributed by atoms with Gasteiger partial charge in [-0.15, -0.1) is 11.6 Å². The van der Waals surface area contributed by atoms with Crippen molar-refractivity contribution in [2.45, 2.75) is 19.2 Å². The highest BCUT2D eigenvalue weighted by molar-refractivity contribution is 9.11. The molecular weight excluding hydrogens is 415 g/mol. The van der Waals surface area contributed by atoms with Crippen molar-refractivity contribution in [2.75, 3.05) is 0 Å². The number of imidazole rings is 1. The number of halogens is 3. The van der Waals surface area contributed by atoms with Crippen LogP contribution in [0.4, 0.5) is 0 Å². The number of rotatable bonds is 2. The second-order valence-electron chi connectivity index (χ2n) is 4.93. The zero-order valence-corrected chi connectivity index (χ0v) is 15.5. The van der Waals surface area contributed by atoms with Crippen LogP contribution in [0.5, 0.6) is 0 Å². The maximum atomic E-state index is 6.37. The van der Waals surface area contributed by atoms with Gasteiger partial charge in [0, 0.05) is 8.95 Å². The van der Waals surface area contributed by atoms with E-state index < -0.39 is 0 Å². The molecule has 2 aromatic carbocycles. The number of hydrogen-bond donors (Lipinski definition) is 0. The topological polar surface area (TPSA) is 17.8 Å². The van der Waals surface area contributed by atoms with Crippen molar-refractivity contribution in [2.24, 2.45) is 0 Å². The predicted octanol–water partition coefficient (Wildman–Crippen LogP) is 6.16. The molecule has 0 fully saturated rings. The number of para-hydroxylation sites is 2. The number of hydrogen-bond acceptors (Lipinski definition) is 1. The fourth-order valence-electron chi connectivity index (χ4n) is 2.51. The maximum absolute atomic E-state index is 6.37. The SMILES string of the molecule is Cc1cccc2nc(C(C)Cl)n(-c3c(Br)cccc3Br)c12. The Morgan fingerprint density at radius 1 is 1.10 bits per heavy atom. The third-order valence-electron chi connectivity index (χ3n) is 3.42. The molecule has 0 bridgehead atoms. The molecule has 1 aromatic heterocycles. The van der Waals surface area contributed by atoms with Gasteiger partial charge in [0.15, 0.2) is 0 Å². The summed E-state index contributed by atoms with van der Waals surface area (Å²) in [5.74, 6) is 0.841. The van der Waals surface area contributed by atoms with Crippen LogP contribution in [-0.4, -0.2) is 9.55 Å². The van der Waals surface area contributed by atoms with Crippen molar-refractivity contribution in [3.05, 3.63) is 56.7 Å². The lowest BCUT2D eigenvalue weighted by molar-refractivity contribution is 0.876. The average Bonchev–Trinajstić information content (AvgIpc) is 2.80. The molecule has 21 heavy (non-hydrogen) atoms. The summed E-state index contributed by atoms with van der Waals surface area (Å²) in [6.07, 6.45) is 0. The summed E-state index contributed by atoms with van der Waals surface area (Å²) < 4.78 is 4.13. The summed E-state index contributed by atoms with van der Waals surface area (Å²) in [6, 6.07) is 12.2. The summed E-state index contributed by atoms with van der Waals surface area (Å²) in [6.45, 7) is 4.04. The van der Waals surface area contributed by atoms with Gasteiger partial charge in [0.25, 0.3) is 0 Å². The lowest BCUT2D eigenvalue weighted by atomic mass is 10.2. The smallest absolute Gasteiger partial charge is 0.132 e. The highest BCUT2D eigenvalue weighted by atomic mass is 79.9. The monoisotopic (exact) mass is 426 g/mol. The van der Waals surface area contributed by atoms with Gasteiger partial charge < -0.3 is 0 Å². The summed E-state index contributed by atoms with van der Waals surface area (Å²) >= 11 is 13.7. The first-order valence-electron chi connectivity index (χ1n) is 6.57. The van der Waals surface area contributed by atoms with Crippen LogP contribution >= 0.6 is 43.5 Å². The molecule has 1 atom stereocenters. The van der Waals surface area contributed by atoms with Crippen LogP contribution < -0.4 is 0 Å². The Balaban J connectivity index is 2.48. The highest BCUT2D eigenvalue weighted by Crippen LogP contribution is 2.36. The van der Waals surface area contributed by atoms with Crippen LogP contribution in [0.25, 0.3) is 16.7 Å². The van der Waals surface area contributed by atoms with Crippen molar-refractivity contribution >= 4 is 54.5 Å². The first-order valence-corrected chi connectivity index (χ1v) is 8.59. The molecule has 0 aliphatic heterocycles. The molecular formula is C16H13Br2ClN2. The molecule has 0 amide bonds. The molecule has 5 heteroatoms. The standard InChI is InChI=1S/C16H13Br2ClN2/c1-9-5-3-8-13-14(9)21(16(20-13)10(2)19)15-11(17)6-4-7-12(15)18/h3-8,10H,1-2H3. The van der Waals surface area contributed by atoms with Gasteiger partial charge in [-0.25, -0.2) is 4.98 Å². The molecule has 0 aliphatic carbocycles. The number of benzene rings is 2. The fourth-order valence-corrected chi connectivity index (χ4v) is 4.01. The lowest BCUT2D eigenvalue weighted by Gasteiger charge is -2.15. The van der Waals surface area contributed by atoms with Gasteiger partial charge >= 0.3 is 0 Å². The van der Waals surface area contributed by atoms with Gasteiger partial charge in [-0.1, -0.05) is 18.2 Å². The second-order valence-corrected chi connectivity index (χ2v) is 7.30. The van der Waals surface area contributed by atoms with E-state index >= 15 is 0 Å². The second kappa shape index (κ2) is 5.75. The molecule has 3 aromatic rings. The van der Waals surface area contributed by atoms with E-state index in [4.69, 9.17) is 16.6 Å². The fraction of sp³-hybridized carbons (Fsp3) is 0.188. The first-order chi connectivity index (χ1) is 10.0. The summed E-state index contributed by atoms with van der Waals surface area (Å²) in [7, 11) is 0. The van der Waals surface area contributed by atoms with E-state index in [-0.39, 0.29) is 5.38 Å². The van der Waals surface area contributed by atoms with Crippen LogP contribution in [-0.2, 0) is 0 Å². The van der Waals surface area contributed by atoms with Crippen LogP contribution in [0.3, 0.4) is 0 Å². The van der Waals surface area contributed by atoms with E-state index in [2.05, 4.69) is 49.4 Å². The molecule has 0 radical (unpaired) electrons. The number of aromatic nitrogens is 2. The van der Waals surface area contributed by atoms with Gasteiger partial charge in [0.1, 0.15) is 5.82 Å². The van der Waals surface area contributed by atoms with Crippen molar-refractivity contribution in [3.63, 3.8) is 0 Å². The third-order valence-corrected chi connectivity index (χ3v) is 4.90. The van der Waals surface area contributed by atoms with Crippen LogP contribution in [0.1, 0.15) is 23.7 Å². The number of alkyl halides is 1. The van der Waals surface area contributed by atoms with Crippen molar-refractivity contribution < 1.29 is 0 Å². The number of fused-ring (bicyclic) bond motifs is 1. The highest BCUT2D eigenvalue weighted by Gasteiger charge is 2.20. The molecule has 0 saturated carbocycles. The predicted molar refractivity (Wildman–Crippen MR) is 95.5 cm³/mol. The third kappa shape index (κ3) is 2.54. The Bertz CT molecular complexity index is 804. The Kier molecular flexibility index (Phi) is 4.12. The van der Waals surface area contributed by atoms with Gasteiger partial charge in [-0.3, -0.25) is 4.57 Å². The van der Waals surface area contributed by atoms with E-state index in [0.29, 0.717) is 0 Å². The zero-order chi connectivity index (χ0) is 15.1. The van der Waals surface area contributed by atoms with Crippen LogP contribution in [0, 0.1) is 6.92 Å². The zero-order valence-electron chi connectivity index (χ0n) is 11.6. The van der Waals surface area contributed by atoms with Gasteiger partial charge in [-0.05, 0) is 69.5 Å². The minimum atomic E-state index is -0.184. The summed E-state index contributed by atoms with van der Waals surface area (Å²) in [5, 5.41) is -0.184. The van der Waals surface area contributed by atoms with E-state index in [1.165, 1.54) is 5.56 Å². The molecule has 1 heterocycles. The Morgan fingerprint density at radius 3 is 2.33 bits per heavy atom. The van der Waals surface area contributed by atoms with E-state index in [0.717, 1.165) is 31.5 Å². The van der Waals surface area contributed by atoms with Crippen LogP contribution in [0.2, 0.25) is 0 Å². The Labute approximate surface area is 145 Å². The molecule has 0 aliphatic rings.